The molecule has 0 atom stereocenters. The Morgan fingerprint density at radius 3 is 2.50 bits per heavy atom. The fraction of sp³-hybridized carbons (Fsp3) is 0.533. The van der Waals surface area contributed by atoms with Crippen molar-refractivity contribution in [3.05, 3.63) is 18.2 Å². The molecular weight excluding hydrogens is 254 g/mol. The van der Waals surface area contributed by atoms with Crippen molar-refractivity contribution >= 4 is 17.3 Å². The van der Waals surface area contributed by atoms with E-state index in [0.29, 0.717) is 5.69 Å². The minimum Gasteiger partial charge on any atom is -0.491 e. The number of nitrogens with zero attached hydrogens (tertiary/aromatic N) is 1. The standard InChI is InChI=1S/C15H23N3O2/c1-10(2)20-14-8-12(16)7-13(9-14)18-5-3-11(4-6-18)15(17)19/h7-11H,3-6,16H2,1-2H3,(H2,17,19). The van der Waals surface area contributed by atoms with E-state index in [4.69, 9.17) is 16.2 Å². The largest absolute Gasteiger partial charge is 0.491 e. The first kappa shape index (κ1) is 14.5. The van der Waals surface area contributed by atoms with Gasteiger partial charge in [-0.2, -0.15) is 0 Å². The molecule has 1 aromatic rings. The Morgan fingerprint density at radius 1 is 1.30 bits per heavy atom. The van der Waals surface area contributed by atoms with Crippen molar-refractivity contribution in [1.29, 1.82) is 0 Å². The summed E-state index contributed by atoms with van der Waals surface area (Å²) in [6.07, 6.45) is 1.71. The SMILES string of the molecule is CC(C)Oc1cc(N)cc(N2CCC(C(N)=O)CC2)c1. The van der Waals surface area contributed by atoms with E-state index >= 15 is 0 Å². The molecule has 1 aliphatic heterocycles. The van der Waals surface area contributed by atoms with Gasteiger partial charge in [0.15, 0.2) is 0 Å². The fourth-order valence-corrected chi connectivity index (χ4v) is 2.55. The van der Waals surface area contributed by atoms with E-state index < -0.39 is 0 Å². The number of benzene rings is 1. The number of rotatable bonds is 4. The highest BCUT2D eigenvalue weighted by atomic mass is 16.5. The van der Waals surface area contributed by atoms with E-state index in [-0.39, 0.29) is 17.9 Å². The maximum absolute atomic E-state index is 11.2. The number of anilines is 2. The molecular formula is C15H23N3O2. The highest BCUT2D eigenvalue weighted by molar-refractivity contribution is 5.77. The van der Waals surface area contributed by atoms with Crippen LogP contribution in [0.2, 0.25) is 0 Å². The van der Waals surface area contributed by atoms with Gasteiger partial charge in [0.1, 0.15) is 5.75 Å². The number of carbonyl (C=O) groups excluding carboxylic acids is 1. The van der Waals surface area contributed by atoms with E-state index in [2.05, 4.69) is 4.90 Å². The van der Waals surface area contributed by atoms with E-state index in [1.807, 2.05) is 32.0 Å². The van der Waals surface area contributed by atoms with Crippen LogP contribution in [0.3, 0.4) is 0 Å². The highest BCUT2D eigenvalue weighted by Gasteiger charge is 2.23. The third-order valence-electron chi connectivity index (χ3n) is 3.55. The summed E-state index contributed by atoms with van der Waals surface area (Å²) in [5.41, 5.74) is 13.0. The minimum atomic E-state index is -0.193. The number of nitrogens with two attached hydrogens (primary N) is 2. The molecule has 1 amide bonds. The van der Waals surface area contributed by atoms with Gasteiger partial charge in [0, 0.05) is 42.5 Å². The van der Waals surface area contributed by atoms with Crippen LogP contribution in [0.25, 0.3) is 0 Å². The summed E-state index contributed by atoms with van der Waals surface area (Å²) < 4.78 is 5.71. The molecule has 0 aliphatic carbocycles. The lowest BCUT2D eigenvalue weighted by Crippen LogP contribution is -2.38. The predicted molar refractivity (Wildman–Crippen MR) is 80.7 cm³/mol. The van der Waals surface area contributed by atoms with Crippen LogP contribution in [0.5, 0.6) is 5.75 Å². The summed E-state index contributed by atoms with van der Waals surface area (Å²) >= 11 is 0. The molecule has 5 heteroatoms. The topological polar surface area (TPSA) is 81.6 Å². The van der Waals surface area contributed by atoms with Gasteiger partial charge in [0.2, 0.25) is 5.91 Å². The second-order valence-electron chi connectivity index (χ2n) is 5.59. The number of amides is 1. The van der Waals surface area contributed by atoms with Crippen molar-refractivity contribution < 1.29 is 9.53 Å². The van der Waals surface area contributed by atoms with Crippen molar-refractivity contribution in [2.24, 2.45) is 11.7 Å². The molecule has 1 aromatic carbocycles. The average molecular weight is 277 g/mol. The number of primary amides is 1. The van der Waals surface area contributed by atoms with Crippen LogP contribution in [0.1, 0.15) is 26.7 Å². The van der Waals surface area contributed by atoms with Gasteiger partial charge < -0.3 is 21.1 Å². The lowest BCUT2D eigenvalue weighted by molar-refractivity contribution is -0.122. The number of carbonyl (C=O) groups is 1. The Kier molecular flexibility index (Phi) is 4.37. The van der Waals surface area contributed by atoms with Crippen molar-refractivity contribution in [2.75, 3.05) is 23.7 Å². The van der Waals surface area contributed by atoms with Gasteiger partial charge in [-0.3, -0.25) is 4.79 Å². The highest BCUT2D eigenvalue weighted by Crippen LogP contribution is 2.29. The Bertz CT molecular complexity index is 480. The van der Waals surface area contributed by atoms with Gasteiger partial charge in [-0.1, -0.05) is 0 Å². The van der Waals surface area contributed by atoms with E-state index in [1.54, 1.807) is 0 Å². The third-order valence-corrected chi connectivity index (χ3v) is 3.55. The van der Waals surface area contributed by atoms with Crippen molar-refractivity contribution in [3.8, 4) is 5.75 Å². The zero-order chi connectivity index (χ0) is 14.7. The van der Waals surface area contributed by atoms with E-state index in [0.717, 1.165) is 37.4 Å². The first-order valence-corrected chi connectivity index (χ1v) is 7.07. The van der Waals surface area contributed by atoms with E-state index in [1.165, 1.54) is 0 Å². The Hall–Kier alpha value is -1.91. The molecule has 110 valence electrons. The maximum Gasteiger partial charge on any atom is 0.220 e. The molecule has 0 spiro atoms. The molecule has 20 heavy (non-hydrogen) atoms. The first-order chi connectivity index (χ1) is 9.45. The van der Waals surface area contributed by atoms with Crippen LogP contribution >= 0.6 is 0 Å². The summed E-state index contributed by atoms with van der Waals surface area (Å²) in [4.78, 5) is 13.4. The van der Waals surface area contributed by atoms with Crippen molar-refractivity contribution in [3.63, 3.8) is 0 Å². The summed E-state index contributed by atoms with van der Waals surface area (Å²) in [6.45, 7) is 5.61. The molecule has 0 unspecified atom stereocenters. The monoisotopic (exact) mass is 277 g/mol. The molecule has 2 rings (SSSR count). The molecule has 1 fully saturated rings. The molecule has 0 saturated carbocycles. The van der Waals surface area contributed by atoms with Gasteiger partial charge in [-0.25, -0.2) is 0 Å². The molecule has 0 aromatic heterocycles. The van der Waals surface area contributed by atoms with Crippen LogP contribution in [0.4, 0.5) is 11.4 Å². The first-order valence-electron chi connectivity index (χ1n) is 7.07. The molecule has 1 heterocycles. The Morgan fingerprint density at radius 2 is 1.95 bits per heavy atom. The second-order valence-corrected chi connectivity index (χ2v) is 5.59. The van der Waals surface area contributed by atoms with Crippen LogP contribution in [-0.4, -0.2) is 25.1 Å². The summed E-state index contributed by atoms with van der Waals surface area (Å²) in [5.74, 6) is 0.590. The van der Waals surface area contributed by atoms with Crippen LogP contribution in [0, 0.1) is 5.92 Å². The van der Waals surface area contributed by atoms with Gasteiger partial charge in [-0.15, -0.1) is 0 Å². The van der Waals surface area contributed by atoms with Crippen LogP contribution in [0.15, 0.2) is 18.2 Å². The molecule has 1 saturated heterocycles. The number of nitrogen functional groups attached to an aromatic ring is 1. The Labute approximate surface area is 119 Å². The quantitative estimate of drug-likeness (QED) is 0.822. The van der Waals surface area contributed by atoms with Crippen LogP contribution < -0.4 is 21.1 Å². The zero-order valence-corrected chi connectivity index (χ0v) is 12.1. The van der Waals surface area contributed by atoms with Gasteiger partial charge >= 0.3 is 0 Å². The normalized spacial score (nSPS) is 16.4. The molecule has 0 radical (unpaired) electrons. The minimum absolute atomic E-state index is 0.00121. The number of piperidine rings is 1. The van der Waals surface area contributed by atoms with Gasteiger partial charge in [0.25, 0.3) is 0 Å². The number of hydrogen-bond donors (Lipinski definition) is 2. The number of hydrogen-bond acceptors (Lipinski definition) is 4. The predicted octanol–water partition coefficient (Wildman–Crippen LogP) is 1.76. The zero-order valence-electron chi connectivity index (χ0n) is 12.1. The third kappa shape index (κ3) is 3.56. The Balaban J connectivity index is 2.09. The van der Waals surface area contributed by atoms with Crippen molar-refractivity contribution in [1.82, 2.24) is 0 Å². The van der Waals surface area contributed by atoms with Gasteiger partial charge in [-0.05, 0) is 32.8 Å². The average Bonchev–Trinajstić information content (AvgIpc) is 2.37. The summed E-state index contributed by atoms with van der Waals surface area (Å²) in [5, 5.41) is 0. The van der Waals surface area contributed by atoms with Gasteiger partial charge in [0.05, 0.1) is 6.10 Å². The second kappa shape index (κ2) is 6.03. The smallest absolute Gasteiger partial charge is 0.220 e. The summed E-state index contributed by atoms with van der Waals surface area (Å²) in [7, 11) is 0. The van der Waals surface area contributed by atoms with E-state index in [9.17, 15) is 4.79 Å². The molecule has 1 aliphatic rings. The number of ether oxygens (including phenoxy) is 1. The maximum atomic E-state index is 11.2. The lowest BCUT2D eigenvalue weighted by Gasteiger charge is -2.32. The fourth-order valence-electron chi connectivity index (χ4n) is 2.55. The molecule has 5 nitrogen and oxygen atoms in total. The van der Waals surface area contributed by atoms with Crippen molar-refractivity contribution in [2.45, 2.75) is 32.8 Å². The summed E-state index contributed by atoms with van der Waals surface area (Å²) in [6, 6.07) is 5.78. The lowest BCUT2D eigenvalue weighted by atomic mass is 9.96. The molecule has 4 N–H and O–H groups in total. The van der Waals surface area contributed by atoms with Crippen LogP contribution in [-0.2, 0) is 4.79 Å². The molecule has 0 bridgehead atoms.